The molecule has 1 unspecified atom stereocenters. The van der Waals surface area contributed by atoms with Crippen LogP contribution in [0.4, 0.5) is 0 Å². The predicted octanol–water partition coefficient (Wildman–Crippen LogP) is 3.16. The van der Waals surface area contributed by atoms with Crippen molar-refractivity contribution in [1.29, 1.82) is 0 Å². The van der Waals surface area contributed by atoms with Crippen LogP contribution in [0.5, 0.6) is 0 Å². The maximum atomic E-state index is 13.4. The van der Waals surface area contributed by atoms with E-state index in [2.05, 4.69) is 23.9 Å². The molecule has 29 heavy (non-hydrogen) atoms. The van der Waals surface area contributed by atoms with Gasteiger partial charge in [0.05, 0.1) is 23.4 Å². The predicted molar refractivity (Wildman–Crippen MR) is 114 cm³/mol. The number of aromatic nitrogens is 5. The molecule has 0 saturated carbocycles. The number of aromatic amines is 1. The third-order valence-electron chi connectivity index (χ3n) is 5.19. The van der Waals surface area contributed by atoms with E-state index >= 15 is 0 Å². The molecule has 7 heteroatoms. The number of hydrogen-bond donors (Lipinski definition) is 1. The highest BCUT2D eigenvalue weighted by Crippen LogP contribution is 2.23. The fourth-order valence-corrected chi connectivity index (χ4v) is 3.74. The van der Waals surface area contributed by atoms with E-state index in [0.717, 1.165) is 16.8 Å². The summed E-state index contributed by atoms with van der Waals surface area (Å²) in [7, 11) is 1.84. The second-order valence-electron chi connectivity index (χ2n) is 7.89. The first-order valence-corrected chi connectivity index (χ1v) is 9.79. The number of nitrogens with one attached hydrogen (secondary N) is 1. The average Bonchev–Trinajstić information content (AvgIpc) is 3.32. The van der Waals surface area contributed by atoms with E-state index in [1.807, 2.05) is 56.6 Å². The van der Waals surface area contributed by atoms with Gasteiger partial charge in [-0.15, -0.1) is 0 Å². The zero-order chi connectivity index (χ0) is 20.7. The monoisotopic (exact) mass is 391 g/mol. The first kappa shape index (κ1) is 19.0. The minimum Gasteiger partial charge on any atom is -0.349 e. The number of benzene rings is 1. The highest BCUT2D eigenvalue weighted by molar-refractivity contribution is 5.82. The molecule has 0 bridgehead atoms. The molecular formula is C22H25N5O2. The standard InChI is InChI=1S/C22H25N5O2/c1-14(2)12-26-19-10-18(17-11-23-25(4)13-17)24-20(19)21(28)27(22(26)29)15(3)16-8-6-5-7-9-16/h5-11,13-15,24H,12H2,1-4H3. The lowest BCUT2D eigenvalue weighted by Crippen LogP contribution is -2.42. The largest absolute Gasteiger partial charge is 0.349 e. The molecule has 4 rings (SSSR count). The summed E-state index contributed by atoms with van der Waals surface area (Å²) in [5.74, 6) is 0.255. The van der Waals surface area contributed by atoms with E-state index in [0.29, 0.717) is 17.6 Å². The highest BCUT2D eigenvalue weighted by atomic mass is 16.2. The lowest BCUT2D eigenvalue weighted by Gasteiger charge is -2.18. The summed E-state index contributed by atoms with van der Waals surface area (Å²) in [5.41, 5.74) is 3.03. The second-order valence-corrected chi connectivity index (χ2v) is 7.89. The number of H-pyrrole nitrogens is 1. The maximum absolute atomic E-state index is 13.4. The third-order valence-corrected chi connectivity index (χ3v) is 5.19. The number of aryl methyl sites for hydroxylation is 1. The zero-order valence-electron chi connectivity index (χ0n) is 17.1. The van der Waals surface area contributed by atoms with Gasteiger partial charge in [-0.05, 0) is 24.5 Å². The molecule has 0 aliphatic rings. The molecule has 0 fully saturated rings. The Labute approximate surface area is 168 Å². The summed E-state index contributed by atoms with van der Waals surface area (Å²) in [6, 6.07) is 11.1. The molecule has 0 spiro atoms. The van der Waals surface area contributed by atoms with Gasteiger partial charge >= 0.3 is 5.69 Å². The van der Waals surface area contributed by atoms with Gasteiger partial charge in [-0.1, -0.05) is 44.2 Å². The van der Waals surface area contributed by atoms with Crippen molar-refractivity contribution in [2.75, 3.05) is 0 Å². The molecular weight excluding hydrogens is 366 g/mol. The molecule has 1 aromatic carbocycles. The molecule has 3 heterocycles. The SMILES string of the molecule is CC(C)Cn1c(=O)n(C(C)c2ccccc2)c(=O)c2[nH]c(-c3cnn(C)c3)cc21. The van der Waals surface area contributed by atoms with E-state index in [4.69, 9.17) is 0 Å². The van der Waals surface area contributed by atoms with Crippen molar-refractivity contribution in [3.8, 4) is 11.3 Å². The van der Waals surface area contributed by atoms with E-state index in [1.165, 1.54) is 4.57 Å². The Bertz CT molecular complexity index is 1270. The summed E-state index contributed by atoms with van der Waals surface area (Å²) in [4.78, 5) is 30.0. The van der Waals surface area contributed by atoms with E-state index in [-0.39, 0.29) is 23.2 Å². The van der Waals surface area contributed by atoms with Crippen LogP contribution in [0.2, 0.25) is 0 Å². The van der Waals surface area contributed by atoms with Crippen LogP contribution in [0.25, 0.3) is 22.3 Å². The van der Waals surface area contributed by atoms with Crippen LogP contribution >= 0.6 is 0 Å². The normalized spacial score (nSPS) is 12.7. The van der Waals surface area contributed by atoms with Gasteiger partial charge in [0.15, 0.2) is 0 Å². The molecule has 0 aliphatic heterocycles. The summed E-state index contributed by atoms with van der Waals surface area (Å²) in [6.45, 7) is 6.53. The fourth-order valence-electron chi connectivity index (χ4n) is 3.74. The van der Waals surface area contributed by atoms with Crippen LogP contribution in [0.1, 0.15) is 32.4 Å². The maximum Gasteiger partial charge on any atom is 0.332 e. The van der Waals surface area contributed by atoms with Gasteiger partial charge in [-0.25, -0.2) is 4.79 Å². The molecule has 0 amide bonds. The Morgan fingerprint density at radius 2 is 1.83 bits per heavy atom. The molecule has 1 atom stereocenters. The van der Waals surface area contributed by atoms with Crippen LogP contribution in [-0.2, 0) is 13.6 Å². The van der Waals surface area contributed by atoms with Crippen molar-refractivity contribution in [2.24, 2.45) is 13.0 Å². The molecule has 7 nitrogen and oxygen atoms in total. The highest BCUT2D eigenvalue weighted by Gasteiger charge is 2.21. The molecule has 3 aromatic heterocycles. The van der Waals surface area contributed by atoms with Crippen LogP contribution < -0.4 is 11.2 Å². The van der Waals surface area contributed by atoms with Crippen LogP contribution in [0.3, 0.4) is 0 Å². The minimum absolute atomic E-state index is 0.255. The Morgan fingerprint density at radius 1 is 1.10 bits per heavy atom. The summed E-state index contributed by atoms with van der Waals surface area (Å²) >= 11 is 0. The Balaban J connectivity index is 1.99. The molecule has 150 valence electrons. The van der Waals surface area contributed by atoms with E-state index in [1.54, 1.807) is 15.4 Å². The minimum atomic E-state index is -0.371. The van der Waals surface area contributed by atoms with Gasteiger partial charge in [0, 0.05) is 25.4 Å². The topological polar surface area (TPSA) is 77.6 Å². The zero-order valence-corrected chi connectivity index (χ0v) is 17.1. The van der Waals surface area contributed by atoms with Crippen molar-refractivity contribution in [1.82, 2.24) is 23.9 Å². The number of fused-ring (bicyclic) bond motifs is 1. The fraction of sp³-hybridized carbons (Fsp3) is 0.318. The van der Waals surface area contributed by atoms with Gasteiger partial charge in [-0.3, -0.25) is 18.6 Å². The van der Waals surface area contributed by atoms with Gasteiger partial charge in [0.2, 0.25) is 0 Å². The number of nitrogens with zero attached hydrogens (tertiary/aromatic N) is 4. The van der Waals surface area contributed by atoms with E-state index < -0.39 is 0 Å². The first-order valence-electron chi connectivity index (χ1n) is 9.79. The van der Waals surface area contributed by atoms with Crippen molar-refractivity contribution in [3.05, 3.63) is 75.2 Å². The van der Waals surface area contributed by atoms with Crippen LogP contribution in [-0.4, -0.2) is 23.9 Å². The van der Waals surface area contributed by atoms with Crippen LogP contribution in [0.15, 0.2) is 58.4 Å². The van der Waals surface area contributed by atoms with Crippen molar-refractivity contribution < 1.29 is 0 Å². The van der Waals surface area contributed by atoms with Gasteiger partial charge < -0.3 is 4.98 Å². The van der Waals surface area contributed by atoms with Gasteiger partial charge in [-0.2, -0.15) is 5.10 Å². The summed E-state index contributed by atoms with van der Waals surface area (Å²) in [6.07, 6.45) is 3.61. The van der Waals surface area contributed by atoms with Gasteiger partial charge in [0.25, 0.3) is 5.56 Å². The Kier molecular flexibility index (Phi) is 4.74. The Hall–Kier alpha value is -3.35. The molecule has 1 N–H and O–H groups in total. The van der Waals surface area contributed by atoms with Gasteiger partial charge in [0.1, 0.15) is 5.52 Å². The Morgan fingerprint density at radius 3 is 2.45 bits per heavy atom. The quantitative estimate of drug-likeness (QED) is 0.568. The van der Waals surface area contributed by atoms with Crippen molar-refractivity contribution in [2.45, 2.75) is 33.4 Å². The molecule has 0 radical (unpaired) electrons. The number of hydrogen-bond acceptors (Lipinski definition) is 3. The lowest BCUT2D eigenvalue weighted by atomic mass is 10.1. The number of rotatable bonds is 5. The van der Waals surface area contributed by atoms with Crippen molar-refractivity contribution in [3.63, 3.8) is 0 Å². The first-order chi connectivity index (χ1) is 13.9. The van der Waals surface area contributed by atoms with E-state index in [9.17, 15) is 9.59 Å². The van der Waals surface area contributed by atoms with Crippen LogP contribution in [0, 0.1) is 5.92 Å². The third kappa shape index (κ3) is 3.33. The van der Waals surface area contributed by atoms with Crippen molar-refractivity contribution >= 4 is 11.0 Å². The lowest BCUT2D eigenvalue weighted by molar-refractivity contribution is 0.478. The molecule has 0 saturated heterocycles. The molecule has 4 aromatic rings. The summed E-state index contributed by atoms with van der Waals surface area (Å²) < 4.78 is 4.76. The summed E-state index contributed by atoms with van der Waals surface area (Å²) in [5, 5.41) is 4.20. The average molecular weight is 391 g/mol. The smallest absolute Gasteiger partial charge is 0.332 e. The second kappa shape index (κ2) is 7.24. The molecule has 0 aliphatic carbocycles.